The van der Waals surface area contributed by atoms with Crippen LogP contribution in [0.15, 0.2) is 11.1 Å². The predicted octanol–water partition coefficient (Wildman–Crippen LogP) is 2.30. The quantitative estimate of drug-likeness (QED) is 0.683. The fourth-order valence-corrected chi connectivity index (χ4v) is 4.08. The van der Waals surface area contributed by atoms with Gasteiger partial charge in [-0.05, 0) is 26.7 Å². The van der Waals surface area contributed by atoms with Crippen molar-refractivity contribution in [1.82, 2.24) is 24.9 Å². The molecule has 28 heavy (non-hydrogen) atoms. The Hall–Kier alpha value is -2.50. The lowest BCUT2D eigenvalue weighted by Crippen LogP contribution is -2.29. The van der Waals surface area contributed by atoms with Gasteiger partial charge in [0.25, 0.3) is 15.9 Å². The Bertz CT molecular complexity index is 965. The fraction of sp³-hybridized carbons (Fsp3) is 0.562. The van der Waals surface area contributed by atoms with Crippen LogP contribution in [-0.4, -0.2) is 40.4 Å². The lowest BCUT2D eigenvalue weighted by Gasteiger charge is -2.10. The second-order valence-corrected chi connectivity index (χ2v) is 8.30. The van der Waals surface area contributed by atoms with Crippen molar-refractivity contribution in [1.29, 1.82) is 0 Å². The van der Waals surface area contributed by atoms with Crippen LogP contribution in [0.1, 0.15) is 49.2 Å². The molecule has 0 radical (unpaired) electrons. The Kier molecular flexibility index (Phi) is 6.42. The Morgan fingerprint density at radius 1 is 1.25 bits per heavy atom. The molecule has 2 rings (SSSR count). The Balaban J connectivity index is 2.42. The number of rotatable bonds is 8. The van der Waals surface area contributed by atoms with E-state index in [4.69, 9.17) is 0 Å². The van der Waals surface area contributed by atoms with Gasteiger partial charge in [-0.25, -0.2) is 13.1 Å². The molecule has 0 atom stereocenters. The van der Waals surface area contributed by atoms with Gasteiger partial charge >= 0.3 is 6.55 Å². The zero-order valence-corrected chi connectivity index (χ0v) is 17.1. The first-order valence-corrected chi connectivity index (χ1v) is 10.2. The molecular weight excluding hydrogens is 394 g/mol. The van der Waals surface area contributed by atoms with E-state index in [-0.39, 0.29) is 33.6 Å². The molecule has 0 spiro atoms. The SMILES string of the molecule is CCn1cc(NS(=O)(=O)c2c(C)nn(C(F)F)c2C)c(C(=O)NCC(C)C)n1. The molecule has 0 bridgehead atoms. The standard InChI is InChI=1S/C16H24F2N6O3S/c1-6-23-8-12(13(21-23)15(25)19-7-9(2)3)22-28(26,27)14-10(4)20-24(11(14)5)16(17)18/h8-9,16,22H,6-7H2,1-5H3,(H,19,25). The number of anilines is 1. The molecule has 12 heteroatoms. The van der Waals surface area contributed by atoms with Crippen LogP contribution >= 0.6 is 0 Å². The average molecular weight is 418 g/mol. The number of halogens is 2. The molecule has 0 saturated carbocycles. The minimum Gasteiger partial charge on any atom is -0.350 e. The second-order valence-electron chi connectivity index (χ2n) is 6.68. The molecule has 2 N–H and O–H groups in total. The monoisotopic (exact) mass is 418 g/mol. The Labute approximate surface area is 162 Å². The molecule has 9 nitrogen and oxygen atoms in total. The van der Waals surface area contributed by atoms with E-state index in [1.54, 1.807) is 6.92 Å². The summed E-state index contributed by atoms with van der Waals surface area (Å²) in [7, 11) is -4.27. The summed E-state index contributed by atoms with van der Waals surface area (Å²) in [6.45, 7) is 6.02. The van der Waals surface area contributed by atoms with E-state index in [2.05, 4.69) is 20.2 Å². The van der Waals surface area contributed by atoms with Crippen LogP contribution in [0.4, 0.5) is 14.5 Å². The van der Waals surface area contributed by atoms with Crippen molar-refractivity contribution < 1.29 is 22.0 Å². The summed E-state index contributed by atoms with van der Waals surface area (Å²) in [5, 5.41) is 10.4. The molecule has 0 aromatic carbocycles. The van der Waals surface area contributed by atoms with Crippen LogP contribution < -0.4 is 10.0 Å². The number of amides is 1. The molecule has 0 aliphatic heterocycles. The predicted molar refractivity (Wildman–Crippen MR) is 98.8 cm³/mol. The number of aryl methyl sites for hydroxylation is 2. The summed E-state index contributed by atoms with van der Waals surface area (Å²) < 4.78 is 55.8. The maximum absolute atomic E-state index is 13.0. The normalized spacial score (nSPS) is 12.0. The summed E-state index contributed by atoms with van der Waals surface area (Å²) in [5.74, 6) is -0.335. The molecule has 2 aromatic heterocycles. The Morgan fingerprint density at radius 2 is 1.89 bits per heavy atom. The average Bonchev–Trinajstić information content (AvgIpc) is 3.12. The van der Waals surface area contributed by atoms with E-state index in [1.165, 1.54) is 24.7 Å². The fourth-order valence-electron chi connectivity index (χ4n) is 2.63. The topological polar surface area (TPSA) is 111 Å². The van der Waals surface area contributed by atoms with Gasteiger partial charge in [0.1, 0.15) is 4.90 Å². The molecule has 0 aliphatic carbocycles. The van der Waals surface area contributed by atoms with E-state index < -0.39 is 22.5 Å². The van der Waals surface area contributed by atoms with Gasteiger partial charge in [-0.2, -0.15) is 19.0 Å². The van der Waals surface area contributed by atoms with Gasteiger partial charge in [0.05, 0.1) is 17.1 Å². The van der Waals surface area contributed by atoms with Crippen LogP contribution in [-0.2, 0) is 16.6 Å². The summed E-state index contributed by atoms with van der Waals surface area (Å²) >= 11 is 0. The highest BCUT2D eigenvalue weighted by atomic mass is 32.2. The van der Waals surface area contributed by atoms with Gasteiger partial charge in [0.2, 0.25) is 0 Å². The van der Waals surface area contributed by atoms with Crippen LogP contribution in [0.5, 0.6) is 0 Å². The van der Waals surface area contributed by atoms with Gasteiger partial charge in [-0.15, -0.1) is 0 Å². The number of hydrogen-bond donors (Lipinski definition) is 2. The van der Waals surface area contributed by atoms with E-state index in [9.17, 15) is 22.0 Å². The van der Waals surface area contributed by atoms with Crippen molar-refractivity contribution in [3.63, 3.8) is 0 Å². The molecule has 0 fully saturated rings. The number of nitrogens with one attached hydrogen (secondary N) is 2. The van der Waals surface area contributed by atoms with Crippen molar-refractivity contribution >= 4 is 21.6 Å². The number of nitrogens with zero attached hydrogens (tertiary/aromatic N) is 4. The summed E-state index contributed by atoms with van der Waals surface area (Å²) in [4.78, 5) is 12.1. The highest BCUT2D eigenvalue weighted by Gasteiger charge is 2.29. The largest absolute Gasteiger partial charge is 0.350 e. The van der Waals surface area contributed by atoms with Crippen molar-refractivity contribution in [3.05, 3.63) is 23.3 Å². The minimum absolute atomic E-state index is 0.0355. The van der Waals surface area contributed by atoms with E-state index >= 15 is 0 Å². The molecule has 0 unspecified atom stereocenters. The molecular formula is C16H24F2N6O3S. The van der Waals surface area contributed by atoms with Gasteiger partial charge in [0.15, 0.2) is 5.69 Å². The summed E-state index contributed by atoms with van der Waals surface area (Å²) in [6.07, 6.45) is 1.38. The maximum atomic E-state index is 13.0. The first-order chi connectivity index (χ1) is 13.0. The van der Waals surface area contributed by atoms with Crippen molar-refractivity contribution in [3.8, 4) is 0 Å². The van der Waals surface area contributed by atoms with Gasteiger partial charge in [-0.3, -0.25) is 14.2 Å². The highest BCUT2D eigenvalue weighted by molar-refractivity contribution is 7.92. The first-order valence-electron chi connectivity index (χ1n) is 8.70. The van der Waals surface area contributed by atoms with Gasteiger partial charge < -0.3 is 5.32 Å². The van der Waals surface area contributed by atoms with E-state index in [1.807, 2.05) is 13.8 Å². The smallest absolute Gasteiger partial charge is 0.333 e. The molecule has 0 aliphatic rings. The second kappa shape index (κ2) is 8.25. The number of carbonyl (C=O) groups is 1. The van der Waals surface area contributed by atoms with Crippen LogP contribution in [0.25, 0.3) is 0 Å². The van der Waals surface area contributed by atoms with Gasteiger partial charge in [0, 0.05) is 19.3 Å². The first kappa shape index (κ1) is 21.8. The number of aromatic nitrogens is 4. The highest BCUT2D eigenvalue weighted by Crippen LogP contribution is 2.26. The minimum atomic E-state index is -4.27. The number of carbonyl (C=O) groups excluding carboxylic acids is 1. The molecule has 0 saturated heterocycles. The van der Waals surface area contributed by atoms with Crippen molar-refractivity contribution in [2.24, 2.45) is 5.92 Å². The van der Waals surface area contributed by atoms with Crippen LogP contribution in [0.3, 0.4) is 0 Å². The number of sulfonamides is 1. The molecule has 156 valence electrons. The van der Waals surface area contributed by atoms with Gasteiger partial charge in [-0.1, -0.05) is 13.8 Å². The lowest BCUT2D eigenvalue weighted by molar-refractivity contribution is 0.0538. The van der Waals surface area contributed by atoms with E-state index in [0.717, 1.165) is 0 Å². The zero-order valence-electron chi connectivity index (χ0n) is 16.3. The summed E-state index contributed by atoms with van der Waals surface area (Å²) in [5.41, 5.74) is -0.401. The lowest BCUT2D eigenvalue weighted by atomic mass is 10.2. The Morgan fingerprint density at radius 3 is 2.39 bits per heavy atom. The molecule has 2 aromatic rings. The number of alkyl halides is 2. The van der Waals surface area contributed by atoms with Crippen LogP contribution in [0, 0.1) is 19.8 Å². The maximum Gasteiger partial charge on any atom is 0.333 e. The van der Waals surface area contributed by atoms with Crippen molar-refractivity contribution in [2.75, 3.05) is 11.3 Å². The third kappa shape index (κ3) is 4.49. The molecule has 2 heterocycles. The van der Waals surface area contributed by atoms with Crippen molar-refractivity contribution in [2.45, 2.75) is 52.6 Å². The zero-order chi connectivity index (χ0) is 21.2. The third-order valence-electron chi connectivity index (χ3n) is 3.93. The molecule has 1 amide bonds. The number of hydrogen-bond acceptors (Lipinski definition) is 5. The van der Waals surface area contributed by atoms with Crippen LogP contribution in [0.2, 0.25) is 0 Å². The third-order valence-corrected chi connectivity index (χ3v) is 5.55. The summed E-state index contributed by atoms with van der Waals surface area (Å²) in [6, 6.07) is 0. The van der Waals surface area contributed by atoms with E-state index in [0.29, 0.717) is 17.8 Å².